The summed E-state index contributed by atoms with van der Waals surface area (Å²) in [5.41, 5.74) is -12.4. The molecule has 0 aromatic rings. The van der Waals surface area contributed by atoms with E-state index < -0.39 is 31.1 Å². The minimum Gasteiger partial charge on any atom is -0.421 e. The van der Waals surface area contributed by atoms with Crippen molar-refractivity contribution in [3.8, 4) is 0 Å². The van der Waals surface area contributed by atoms with E-state index >= 15 is 0 Å². The molecule has 0 aromatic heterocycles. The van der Waals surface area contributed by atoms with Gasteiger partial charge in [-0.25, -0.2) is 16.8 Å². The van der Waals surface area contributed by atoms with E-state index in [1.165, 1.54) is 43.4 Å². The lowest BCUT2D eigenvalue weighted by atomic mass is 10.2. The molecule has 26 heavy (non-hydrogen) atoms. The highest BCUT2D eigenvalue weighted by Crippen LogP contribution is 2.36. The molecule has 0 heterocycles. The van der Waals surface area contributed by atoms with Gasteiger partial charge in [-0.2, -0.15) is 26.3 Å². The van der Waals surface area contributed by atoms with E-state index in [1.54, 1.807) is 0 Å². The maximum absolute atomic E-state index is 11.4. The predicted molar refractivity (Wildman–Crippen MR) is 85.0 cm³/mol. The van der Waals surface area contributed by atoms with Crippen molar-refractivity contribution >= 4 is 20.0 Å². The van der Waals surface area contributed by atoms with Gasteiger partial charge in [-0.1, -0.05) is 13.3 Å². The molecule has 0 N–H and O–H groups in total. The Morgan fingerprint density at radius 1 is 0.769 bits per heavy atom. The first-order valence-corrected chi connectivity index (χ1v) is 10.5. The zero-order chi connectivity index (χ0) is 21.4. The molecule has 0 amide bonds. The molecule has 160 valence electrons. The third-order valence-electron chi connectivity index (χ3n) is 3.61. The second-order valence-corrected chi connectivity index (χ2v) is 9.02. The van der Waals surface area contributed by atoms with Crippen LogP contribution in [0.2, 0.25) is 0 Å². The highest BCUT2D eigenvalue weighted by atomic mass is 32.3. The van der Waals surface area contributed by atoms with Crippen LogP contribution in [0.25, 0.3) is 4.13 Å². The minimum absolute atomic E-state index is 0.778. The molecule has 6 nitrogen and oxygen atoms in total. The van der Waals surface area contributed by atoms with E-state index in [1.807, 2.05) is 0 Å². The molecule has 0 aliphatic heterocycles. The zero-order valence-electron chi connectivity index (χ0n) is 14.9. The molecule has 0 aliphatic rings. The van der Waals surface area contributed by atoms with E-state index in [9.17, 15) is 43.2 Å². The van der Waals surface area contributed by atoms with E-state index in [0.717, 1.165) is 4.13 Å². The highest BCUT2D eigenvalue weighted by molar-refractivity contribution is 8.13. The number of alkyl halides is 6. The van der Waals surface area contributed by atoms with Crippen LogP contribution in [0.4, 0.5) is 26.3 Å². The van der Waals surface area contributed by atoms with Crippen molar-refractivity contribution in [3.63, 3.8) is 0 Å². The van der Waals surface area contributed by atoms with Crippen molar-refractivity contribution in [3.05, 3.63) is 4.13 Å². The van der Waals surface area contributed by atoms with Crippen LogP contribution in [0, 0.1) is 0 Å². The van der Waals surface area contributed by atoms with Crippen LogP contribution in [0.5, 0.6) is 0 Å². The van der Waals surface area contributed by atoms with Gasteiger partial charge < -0.3 is 8.61 Å². The van der Waals surface area contributed by atoms with Crippen LogP contribution < -0.4 is 0 Å². The molecule has 0 radical (unpaired) electrons. The number of hydrogen-bond acceptors (Lipinski definition) is 4. The Morgan fingerprint density at radius 2 is 1.12 bits per heavy atom. The molecule has 0 saturated carbocycles. The number of quaternary nitrogens is 1. The Balaban J connectivity index is 0. The lowest BCUT2D eigenvalue weighted by Crippen LogP contribution is -2.44. The largest absolute Gasteiger partial charge is 0.480 e. The standard InChI is InChI=1S/C10H24N.C2F6NO4S2/c1-5-8-9-10-11(4,6-2)7-3;3-1(4,5)14(10,11)9-15(12,13)2(6,7)8/h5-10H2,1-4H3;/q+1;-1. The van der Waals surface area contributed by atoms with E-state index in [2.05, 4.69) is 27.8 Å². The van der Waals surface area contributed by atoms with Crippen molar-refractivity contribution in [2.75, 3.05) is 26.7 Å². The summed E-state index contributed by atoms with van der Waals surface area (Å²) >= 11 is 0. The first-order valence-electron chi connectivity index (χ1n) is 7.59. The molecule has 0 unspecified atom stereocenters. The SMILES string of the molecule is CCCCC[N+](C)(CC)CC.O=S(=O)([N-]S(=O)(=O)C(F)(F)F)C(F)(F)F. The van der Waals surface area contributed by atoms with Gasteiger partial charge in [-0.05, 0) is 26.7 Å². The van der Waals surface area contributed by atoms with E-state index in [0.29, 0.717) is 0 Å². The molecule has 0 aromatic carbocycles. The average molecular weight is 438 g/mol. The number of nitrogens with zero attached hydrogens (tertiary/aromatic N) is 2. The lowest BCUT2D eigenvalue weighted by Gasteiger charge is -2.32. The summed E-state index contributed by atoms with van der Waals surface area (Å²) < 4.78 is 110. The third kappa shape index (κ3) is 9.37. The van der Waals surface area contributed by atoms with Crippen molar-refractivity contribution in [2.45, 2.75) is 51.1 Å². The van der Waals surface area contributed by atoms with Gasteiger partial charge in [0.05, 0.1) is 26.7 Å². The molecule has 0 rings (SSSR count). The summed E-state index contributed by atoms with van der Waals surface area (Å²) in [6.07, 6.45) is 4.13. The smallest absolute Gasteiger partial charge is 0.421 e. The molecule has 0 aliphatic carbocycles. The zero-order valence-corrected chi connectivity index (χ0v) is 16.5. The van der Waals surface area contributed by atoms with Gasteiger partial charge >= 0.3 is 11.0 Å². The fourth-order valence-corrected chi connectivity index (χ4v) is 3.21. The van der Waals surface area contributed by atoms with Gasteiger partial charge in [-0.15, -0.1) is 0 Å². The minimum atomic E-state index is -6.72. The van der Waals surface area contributed by atoms with E-state index in [4.69, 9.17) is 0 Å². The summed E-state index contributed by atoms with van der Waals surface area (Å²) in [6, 6.07) is 0. The Labute approximate surface area is 150 Å². The quantitative estimate of drug-likeness (QED) is 0.329. The summed E-state index contributed by atoms with van der Waals surface area (Å²) in [6.45, 7) is 10.8. The Morgan fingerprint density at radius 3 is 1.35 bits per heavy atom. The summed E-state index contributed by atoms with van der Waals surface area (Å²) in [7, 11) is -11.1. The molecular formula is C12H24F6N2O4S2. The fraction of sp³-hybridized carbons (Fsp3) is 1.00. The van der Waals surface area contributed by atoms with E-state index in [-0.39, 0.29) is 0 Å². The fourth-order valence-electron chi connectivity index (χ4n) is 1.50. The maximum Gasteiger partial charge on any atom is 0.480 e. The normalized spacial score (nSPS) is 13.9. The Kier molecular flexibility index (Phi) is 10.7. The van der Waals surface area contributed by atoms with Gasteiger partial charge in [0.1, 0.15) is 0 Å². The Hall–Kier alpha value is -0.600. The van der Waals surface area contributed by atoms with Gasteiger partial charge in [-0.3, -0.25) is 0 Å². The number of hydrogen-bond donors (Lipinski definition) is 0. The van der Waals surface area contributed by atoms with Gasteiger partial charge in [0.2, 0.25) is 0 Å². The summed E-state index contributed by atoms with van der Waals surface area (Å²) in [5.74, 6) is 0. The van der Waals surface area contributed by atoms with Crippen LogP contribution in [0.15, 0.2) is 0 Å². The molecule has 0 atom stereocenters. The third-order valence-corrected chi connectivity index (χ3v) is 6.35. The summed E-state index contributed by atoms with van der Waals surface area (Å²) in [5, 5.41) is 0. The molecule has 14 heteroatoms. The van der Waals surface area contributed by atoms with Crippen LogP contribution >= 0.6 is 0 Å². The highest BCUT2D eigenvalue weighted by Gasteiger charge is 2.46. The number of sulfonamides is 2. The van der Waals surface area contributed by atoms with Crippen LogP contribution in [-0.4, -0.2) is 59.0 Å². The van der Waals surface area contributed by atoms with Crippen molar-refractivity contribution in [2.24, 2.45) is 0 Å². The maximum atomic E-state index is 11.4. The monoisotopic (exact) mass is 438 g/mol. The topological polar surface area (TPSA) is 82.4 Å². The lowest BCUT2D eigenvalue weighted by molar-refractivity contribution is -0.906. The first-order chi connectivity index (χ1) is 11.4. The molecule has 0 bridgehead atoms. The van der Waals surface area contributed by atoms with Crippen LogP contribution in [0.1, 0.15) is 40.0 Å². The summed E-state index contributed by atoms with van der Waals surface area (Å²) in [4.78, 5) is 0. The number of rotatable bonds is 8. The van der Waals surface area contributed by atoms with Crippen molar-refractivity contribution in [1.82, 2.24) is 0 Å². The number of unbranched alkanes of at least 4 members (excludes halogenated alkanes) is 2. The number of halogens is 6. The second kappa shape index (κ2) is 10.1. The van der Waals surface area contributed by atoms with Gasteiger partial charge in [0, 0.05) is 0 Å². The van der Waals surface area contributed by atoms with Crippen molar-refractivity contribution in [1.29, 1.82) is 0 Å². The Bertz CT molecular complexity index is 569. The van der Waals surface area contributed by atoms with Gasteiger partial charge in [0.15, 0.2) is 20.0 Å². The molecule has 0 saturated heterocycles. The first kappa shape index (κ1) is 27.6. The van der Waals surface area contributed by atoms with Crippen LogP contribution in [0.3, 0.4) is 0 Å². The van der Waals surface area contributed by atoms with Gasteiger partial charge in [0.25, 0.3) is 0 Å². The average Bonchev–Trinajstić information content (AvgIpc) is 2.44. The molecule has 0 spiro atoms. The second-order valence-electron chi connectivity index (χ2n) is 5.60. The predicted octanol–water partition coefficient (Wildman–Crippen LogP) is 3.72. The molecule has 0 fully saturated rings. The van der Waals surface area contributed by atoms with Crippen molar-refractivity contribution < 1.29 is 47.7 Å². The van der Waals surface area contributed by atoms with Crippen LogP contribution in [-0.2, 0) is 20.0 Å². The molecular weight excluding hydrogens is 414 g/mol.